The number of hydrogen-bond acceptors (Lipinski definition) is 3. The van der Waals surface area contributed by atoms with E-state index in [-0.39, 0.29) is 5.91 Å². The Morgan fingerprint density at radius 1 is 1.39 bits per heavy atom. The van der Waals surface area contributed by atoms with Gasteiger partial charge in [-0.15, -0.1) is 0 Å². The molecule has 1 aliphatic heterocycles. The molecule has 0 unspecified atom stereocenters. The predicted molar refractivity (Wildman–Crippen MR) is 72.7 cm³/mol. The van der Waals surface area contributed by atoms with Crippen molar-refractivity contribution >= 4 is 11.7 Å². The molecule has 2 rings (SSSR count). The highest BCUT2D eigenvalue weighted by molar-refractivity contribution is 5.98. The Hall–Kier alpha value is -1.58. The van der Waals surface area contributed by atoms with Crippen LogP contribution in [-0.2, 0) is 0 Å². The summed E-state index contributed by atoms with van der Waals surface area (Å²) in [5.41, 5.74) is 1.03. The molecule has 0 atom stereocenters. The summed E-state index contributed by atoms with van der Waals surface area (Å²) >= 11 is 0. The van der Waals surface area contributed by atoms with E-state index < -0.39 is 0 Å². The molecule has 0 spiro atoms. The highest BCUT2D eigenvalue weighted by Crippen LogP contribution is 2.30. The van der Waals surface area contributed by atoms with E-state index in [1.165, 1.54) is 0 Å². The van der Waals surface area contributed by atoms with Gasteiger partial charge in [0.2, 0.25) is 0 Å². The molecule has 0 aliphatic carbocycles. The SMILES string of the molecule is CNc1ncccc1C(=O)N1CCC(C)(C)CC1. The number of likely N-dealkylation sites (tertiary alicyclic amines) is 1. The van der Waals surface area contributed by atoms with Crippen LogP contribution >= 0.6 is 0 Å². The van der Waals surface area contributed by atoms with E-state index in [2.05, 4.69) is 24.1 Å². The number of aromatic nitrogens is 1. The van der Waals surface area contributed by atoms with Crippen LogP contribution < -0.4 is 5.32 Å². The summed E-state index contributed by atoms with van der Waals surface area (Å²) in [4.78, 5) is 18.6. The highest BCUT2D eigenvalue weighted by atomic mass is 16.2. The lowest BCUT2D eigenvalue weighted by Gasteiger charge is -2.37. The number of amides is 1. The van der Waals surface area contributed by atoms with Crippen LogP contribution in [0.5, 0.6) is 0 Å². The second-order valence-electron chi connectivity index (χ2n) is 5.61. The van der Waals surface area contributed by atoms with Crippen LogP contribution in [0, 0.1) is 5.41 Å². The number of anilines is 1. The summed E-state index contributed by atoms with van der Waals surface area (Å²) in [5, 5.41) is 2.97. The third-order valence-electron chi connectivity index (χ3n) is 3.68. The smallest absolute Gasteiger partial charge is 0.257 e. The van der Waals surface area contributed by atoms with Gasteiger partial charge in [-0.25, -0.2) is 4.98 Å². The van der Waals surface area contributed by atoms with Gasteiger partial charge in [-0.1, -0.05) is 13.8 Å². The first-order valence-electron chi connectivity index (χ1n) is 6.45. The Bertz CT molecular complexity index is 432. The van der Waals surface area contributed by atoms with Gasteiger partial charge in [0, 0.05) is 26.3 Å². The van der Waals surface area contributed by atoms with Crippen LogP contribution in [0.4, 0.5) is 5.82 Å². The fourth-order valence-corrected chi connectivity index (χ4v) is 2.26. The standard InChI is InChI=1S/C14H21N3O/c1-14(2)6-9-17(10-7-14)13(18)11-5-4-8-16-12(11)15-3/h4-5,8H,6-7,9-10H2,1-3H3,(H,15,16). The van der Waals surface area contributed by atoms with E-state index >= 15 is 0 Å². The zero-order chi connectivity index (χ0) is 13.2. The summed E-state index contributed by atoms with van der Waals surface area (Å²) in [6, 6.07) is 3.64. The highest BCUT2D eigenvalue weighted by Gasteiger charge is 2.29. The van der Waals surface area contributed by atoms with Crippen molar-refractivity contribution in [2.24, 2.45) is 5.41 Å². The van der Waals surface area contributed by atoms with Crippen molar-refractivity contribution in [1.82, 2.24) is 9.88 Å². The van der Waals surface area contributed by atoms with Crippen LogP contribution in [0.25, 0.3) is 0 Å². The van der Waals surface area contributed by atoms with Crippen LogP contribution in [-0.4, -0.2) is 35.9 Å². The van der Waals surface area contributed by atoms with Gasteiger partial charge in [-0.2, -0.15) is 0 Å². The average Bonchev–Trinajstić information content (AvgIpc) is 2.38. The third-order valence-corrected chi connectivity index (χ3v) is 3.68. The Balaban J connectivity index is 2.13. The maximum absolute atomic E-state index is 12.4. The van der Waals surface area contributed by atoms with Gasteiger partial charge < -0.3 is 10.2 Å². The van der Waals surface area contributed by atoms with Crippen LogP contribution in [0.3, 0.4) is 0 Å². The zero-order valence-electron chi connectivity index (χ0n) is 11.4. The Morgan fingerprint density at radius 3 is 2.67 bits per heavy atom. The van der Waals surface area contributed by atoms with Crippen molar-refractivity contribution in [2.75, 3.05) is 25.5 Å². The Labute approximate surface area is 108 Å². The normalized spacial score (nSPS) is 18.5. The van der Waals surface area contributed by atoms with E-state index in [9.17, 15) is 4.79 Å². The molecular weight excluding hydrogens is 226 g/mol. The summed E-state index contributed by atoms with van der Waals surface area (Å²) in [6.07, 6.45) is 3.82. The molecule has 0 radical (unpaired) electrons. The van der Waals surface area contributed by atoms with Gasteiger partial charge in [-0.3, -0.25) is 4.79 Å². The minimum Gasteiger partial charge on any atom is -0.372 e. The fraction of sp³-hybridized carbons (Fsp3) is 0.571. The number of hydrogen-bond donors (Lipinski definition) is 1. The van der Waals surface area contributed by atoms with Crippen molar-refractivity contribution < 1.29 is 4.79 Å². The van der Waals surface area contributed by atoms with Gasteiger partial charge in [0.25, 0.3) is 5.91 Å². The van der Waals surface area contributed by atoms with Gasteiger partial charge in [0.15, 0.2) is 0 Å². The number of pyridine rings is 1. The number of carbonyl (C=O) groups is 1. The van der Waals surface area contributed by atoms with Crippen molar-refractivity contribution in [1.29, 1.82) is 0 Å². The monoisotopic (exact) mass is 247 g/mol. The molecule has 2 heterocycles. The first kappa shape index (κ1) is 12.9. The van der Waals surface area contributed by atoms with E-state index in [0.717, 1.165) is 25.9 Å². The summed E-state index contributed by atoms with van der Waals surface area (Å²) in [7, 11) is 1.79. The maximum Gasteiger partial charge on any atom is 0.257 e. The number of carbonyl (C=O) groups excluding carboxylic acids is 1. The van der Waals surface area contributed by atoms with Gasteiger partial charge in [0.05, 0.1) is 5.56 Å². The van der Waals surface area contributed by atoms with Gasteiger partial charge in [0.1, 0.15) is 5.82 Å². The van der Waals surface area contributed by atoms with Gasteiger partial charge in [-0.05, 0) is 30.4 Å². The molecule has 4 heteroatoms. The average molecular weight is 247 g/mol. The molecule has 98 valence electrons. The zero-order valence-corrected chi connectivity index (χ0v) is 11.4. The fourth-order valence-electron chi connectivity index (χ4n) is 2.26. The third kappa shape index (κ3) is 2.63. The second kappa shape index (κ2) is 4.96. The van der Waals surface area contributed by atoms with Crippen LogP contribution in [0.1, 0.15) is 37.0 Å². The minimum absolute atomic E-state index is 0.0861. The van der Waals surface area contributed by atoms with Gasteiger partial charge >= 0.3 is 0 Å². The summed E-state index contributed by atoms with van der Waals surface area (Å²) in [5.74, 6) is 0.746. The molecule has 1 aromatic rings. The number of nitrogens with zero attached hydrogens (tertiary/aromatic N) is 2. The Kier molecular flexibility index (Phi) is 3.55. The first-order valence-corrected chi connectivity index (χ1v) is 6.45. The molecule has 4 nitrogen and oxygen atoms in total. The lowest BCUT2D eigenvalue weighted by atomic mass is 9.82. The molecule has 0 saturated carbocycles. The predicted octanol–water partition coefficient (Wildman–Crippen LogP) is 2.39. The van der Waals surface area contributed by atoms with Crippen molar-refractivity contribution in [3.8, 4) is 0 Å². The lowest BCUT2D eigenvalue weighted by Crippen LogP contribution is -2.41. The number of nitrogens with one attached hydrogen (secondary N) is 1. The topological polar surface area (TPSA) is 45.2 Å². The number of rotatable bonds is 2. The molecule has 0 bridgehead atoms. The lowest BCUT2D eigenvalue weighted by molar-refractivity contribution is 0.0631. The molecule has 1 saturated heterocycles. The minimum atomic E-state index is 0.0861. The van der Waals surface area contributed by atoms with Crippen LogP contribution in [0.2, 0.25) is 0 Å². The van der Waals surface area contributed by atoms with E-state index in [1.807, 2.05) is 17.0 Å². The molecular formula is C14H21N3O. The van der Waals surface area contributed by atoms with Crippen molar-refractivity contribution in [3.63, 3.8) is 0 Å². The molecule has 18 heavy (non-hydrogen) atoms. The second-order valence-corrected chi connectivity index (χ2v) is 5.61. The molecule has 1 N–H and O–H groups in total. The molecule has 1 aliphatic rings. The van der Waals surface area contributed by atoms with Crippen molar-refractivity contribution in [3.05, 3.63) is 23.9 Å². The molecule has 0 aromatic carbocycles. The van der Waals surface area contributed by atoms with Crippen molar-refractivity contribution in [2.45, 2.75) is 26.7 Å². The summed E-state index contributed by atoms with van der Waals surface area (Å²) in [6.45, 7) is 6.20. The summed E-state index contributed by atoms with van der Waals surface area (Å²) < 4.78 is 0. The largest absolute Gasteiger partial charge is 0.372 e. The molecule has 1 fully saturated rings. The first-order chi connectivity index (χ1) is 8.53. The maximum atomic E-state index is 12.4. The number of piperidine rings is 1. The molecule has 1 aromatic heterocycles. The van der Waals surface area contributed by atoms with Crippen LogP contribution in [0.15, 0.2) is 18.3 Å². The molecule has 1 amide bonds. The Morgan fingerprint density at radius 2 is 2.06 bits per heavy atom. The van der Waals surface area contributed by atoms with E-state index in [0.29, 0.717) is 16.8 Å². The van der Waals surface area contributed by atoms with E-state index in [4.69, 9.17) is 0 Å². The quantitative estimate of drug-likeness (QED) is 0.872. The van der Waals surface area contributed by atoms with E-state index in [1.54, 1.807) is 13.2 Å².